The van der Waals surface area contributed by atoms with Crippen LogP contribution in [0.5, 0.6) is 0 Å². The number of hydrogen-bond donors (Lipinski definition) is 1. The molecule has 26 heavy (non-hydrogen) atoms. The molecule has 0 fully saturated rings. The van der Waals surface area contributed by atoms with Gasteiger partial charge < -0.3 is 10.0 Å². The summed E-state index contributed by atoms with van der Waals surface area (Å²) >= 11 is 0. The number of aliphatic carboxylic acids is 1. The first-order chi connectivity index (χ1) is 12.4. The summed E-state index contributed by atoms with van der Waals surface area (Å²) in [6, 6.07) is 3.79. The second kappa shape index (κ2) is 9.27. The number of carbonyl (C=O) groups excluding carboxylic acids is 1. The highest BCUT2D eigenvalue weighted by Crippen LogP contribution is 2.28. The Kier molecular flexibility index (Phi) is 7.06. The number of benzene rings is 1. The van der Waals surface area contributed by atoms with Crippen molar-refractivity contribution in [3.05, 3.63) is 58.3 Å². The molecule has 0 amide bonds. The zero-order valence-electron chi connectivity index (χ0n) is 14.8. The molecule has 4 nitrogen and oxygen atoms in total. The van der Waals surface area contributed by atoms with Gasteiger partial charge in [-0.1, -0.05) is 18.9 Å². The van der Waals surface area contributed by atoms with E-state index in [0.29, 0.717) is 24.8 Å². The van der Waals surface area contributed by atoms with E-state index < -0.39 is 17.6 Å². The van der Waals surface area contributed by atoms with Gasteiger partial charge in [0.15, 0.2) is 17.9 Å². The van der Waals surface area contributed by atoms with Crippen LogP contribution in [0, 0.1) is 11.6 Å². The fraction of sp³-hybridized carbons (Fsp3) is 0.400. The Labute approximate surface area is 151 Å². The van der Waals surface area contributed by atoms with Gasteiger partial charge >= 0.3 is 5.97 Å². The highest BCUT2D eigenvalue weighted by atomic mass is 19.2. The molecule has 0 heterocycles. The Hall–Kier alpha value is -2.50. The summed E-state index contributed by atoms with van der Waals surface area (Å²) in [6.07, 6.45) is 7.23. The van der Waals surface area contributed by atoms with Crippen LogP contribution in [-0.2, 0) is 16.1 Å². The van der Waals surface area contributed by atoms with Crippen molar-refractivity contribution in [3.8, 4) is 0 Å². The third-order valence-corrected chi connectivity index (χ3v) is 4.55. The van der Waals surface area contributed by atoms with Gasteiger partial charge in [-0.15, -0.1) is 0 Å². The summed E-state index contributed by atoms with van der Waals surface area (Å²) in [5.74, 6) is -3.03. The molecule has 0 bridgehead atoms. The van der Waals surface area contributed by atoms with E-state index in [9.17, 15) is 18.4 Å². The van der Waals surface area contributed by atoms with Crippen molar-refractivity contribution < 1.29 is 23.5 Å². The molecular weight excluding hydrogens is 340 g/mol. The van der Waals surface area contributed by atoms with Crippen molar-refractivity contribution in [1.29, 1.82) is 0 Å². The van der Waals surface area contributed by atoms with Crippen molar-refractivity contribution in [2.45, 2.75) is 45.1 Å². The van der Waals surface area contributed by atoms with Gasteiger partial charge in [-0.2, -0.15) is 0 Å². The summed E-state index contributed by atoms with van der Waals surface area (Å²) in [5, 5.41) is 9.13. The van der Waals surface area contributed by atoms with E-state index >= 15 is 0 Å². The number of halogens is 2. The van der Waals surface area contributed by atoms with Crippen molar-refractivity contribution in [2.24, 2.45) is 0 Å². The second-order valence-electron chi connectivity index (χ2n) is 6.51. The Morgan fingerprint density at radius 1 is 1.15 bits per heavy atom. The Bertz CT molecular complexity index is 741. The van der Waals surface area contributed by atoms with E-state index in [1.165, 1.54) is 18.2 Å². The van der Waals surface area contributed by atoms with Crippen LogP contribution in [0.15, 0.2) is 41.1 Å². The monoisotopic (exact) mass is 363 g/mol. The van der Waals surface area contributed by atoms with Crippen molar-refractivity contribution in [3.63, 3.8) is 0 Å². The Morgan fingerprint density at radius 3 is 2.46 bits per heavy atom. The topological polar surface area (TPSA) is 57.6 Å². The summed E-state index contributed by atoms with van der Waals surface area (Å²) in [5.41, 5.74) is 2.10. The van der Waals surface area contributed by atoms with Crippen LogP contribution in [0.4, 0.5) is 8.78 Å². The molecule has 2 rings (SSSR count). The van der Waals surface area contributed by atoms with Crippen LogP contribution in [-0.4, -0.2) is 29.3 Å². The predicted molar refractivity (Wildman–Crippen MR) is 94.3 cm³/mol. The first-order valence-corrected chi connectivity index (χ1v) is 8.69. The maximum atomic E-state index is 13.5. The van der Waals surface area contributed by atoms with Crippen molar-refractivity contribution in [2.75, 3.05) is 7.05 Å². The standard InChI is InChI=1S/C20H23F2NO3/c1-23(12-14-8-9-17(21)18(22)10-14)19-7-5-3-2-4-6-15(19)11-16(13-24)20(25)26/h8-11,13H,2-7,12H2,1H3,(H,25,26)/b16-11+,19-15-. The average Bonchev–Trinajstić information content (AvgIpc) is 2.57. The first-order valence-electron chi connectivity index (χ1n) is 8.69. The van der Waals surface area contributed by atoms with E-state index in [-0.39, 0.29) is 5.57 Å². The zero-order chi connectivity index (χ0) is 19.1. The van der Waals surface area contributed by atoms with Crippen molar-refractivity contribution in [1.82, 2.24) is 4.90 Å². The maximum Gasteiger partial charge on any atom is 0.339 e. The lowest BCUT2D eigenvalue weighted by Gasteiger charge is -2.27. The number of allylic oxidation sites excluding steroid dienone is 3. The number of carboxylic acids is 1. The van der Waals surface area contributed by atoms with Gasteiger partial charge in [0.25, 0.3) is 0 Å². The Morgan fingerprint density at radius 2 is 1.85 bits per heavy atom. The largest absolute Gasteiger partial charge is 0.478 e. The minimum Gasteiger partial charge on any atom is -0.478 e. The number of aldehydes is 1. The molecule has 6 heteroatoms. The zero-order valence-corrected chi connectivity index (χ0v) is 14.8. The lowest BCUT2D eigenvalue weighted by molar-refractivity contribution is -0.133. The lowest BCUT2D eigenvalue weighted by atomic mass is 9.95. The van der Waals surface area contributed by atoms with Gasteiger partial charge in [0, 0.05) is 19.3 Å². The van der Waals surface area contributed by atoms with Crippen LogP contribution in [0.1, 0.15) is 44.1 Å². The van der Waals surface area contributed by atoms with Crippen LogP contribution in [0.25, 0.3) is 0 Å². The maximum absolute atomic E-state index is 13.5. The minimum absolute atomic E-state index is 0.278. The fourth-order valence-corrected chi connectivity index (χ4v) is 3.20. The van der Waals surface area contributed by atoms with Gasteiger partial charge in [-0.05, 0) is 55.0 Å². The highest BCUT2D eigenvalue weighted by Gasteiger charge is 2.16. The molecule has 0 atom stereocenters. The number of carboxylic acid groups (broad SMARTS) is 1. The molecule has 1 aliphatic carbocycles. The normalized spacial score (nSPS) is 18.8. The van der Waals surface area contributed by atoms with Gasteiger partial charge in [-0.3, -0.25) is 4.79 Å². The first kappa shape index (κ1) is 19.8. The van der Waals surface area contributed by atoms with E-state index in [1.54, 1.807) is 0 Å². The second-order valence-corrected chi connectivity index (χ2v) is 6.51. The molecule has 0 radical (unpaired) electrons. The molecule has 0 saturated carbocycles. The fourth-order valence-electron chi connectivity index (χ4n) is 3.20. The quantitative estimate of drug-likeness (QED) is 0.356. The molecule has 1 aromatic rings. The van der Waals surface area contributed by atoms with Gasteiger partial charge in [0.05, 0.1) is 5.57 Å². The third-order valence-electron chi connectivity index (χ3n) is 4.55. The number of carbonyl (C=O) groups is 2. The van der Waals surface area contributed by atoms with E-state index in [4.69, 9.17) is 5.11 Å². The lowest BCUT2D eigenvalue weighted by Crippen LogP contribution is -2.20. The molecular formula is C20H23F2NO3. The van der Waals surface area contributed by atoms with Crippen LogP contribution >= 0.6 is 0 Å². The summed E-state index contributed by atoms with van der Waals surface area (Å²) in [4.78, 5) is 24.2. The Balaban J connectivity index is 2.35. The third kappa shape index (κ3) is 5.25. The number of nitrogens with zero attached hydrogens (tertiary/aromatic N) is 1. The van der Waals surface area contributed by atoms with E-state index in [1.807, 2.05) is 11.9 Å². The summed E-state index contributed by atoms with van der Waals surface area (Å²) in [6.45, 7) is 0.368. The van der Waals surface area contributed by atoms with Crippen LogP contribution < -0.4 is 0 Å². The van der Waals surface area contributed by atoms with E-state index in [0.717, 1.165) is 49.4 Å². The van der Waals surface area contributed by atoms with Crippen LogP contribution in [0.3, 0.4) is 0 Å². The molecule has 140 valence electrons. The SMILES string of the molecule is CN(Cc1ccc(F)c(F)c1)/C1=C(\C=C(/C=O)C(=O)O)CCCCCC1. The number of rotatable bonds is 6. The molecule has 0 aliphatic heterocycles. The van der Waals surface area contributed by atoms with E-state index in [2.05, 4.69) is 0 Å². The molecule has 0 unspecified atom stereocenters. The average molecular weight is 363 g/mol. The van der Waals surface area contributed by atoms with Crippen molar-refractivity contribution >= 4 is 12.3 Å². The molecule has 1 aliphatic rings. The van der Waals surface area contributed by atoms with Gasteiger partial charge in [-0.25, -0.2) is 13.6 Å². The highest BCUT2D eigenvalue weighted by molar-refractivity contribution is 6.07. The smallest absolute Gasteiger partial charge is 0.339 e. The van der Waals surface area contributed by atoms with Gasteiger partial charge in [0.1, 0.15) is 0 Å². The molecule has 1 N–H and O–H groups in total. The molecule has 0 spiro atoms. The number of hydrogen-bond acceptors (Lipinski definition) is 3. The molecule has 0 aromatic heterocycles. The minimum atomic E-state index is -1.25. The molecule has 1 aromatic carbocycles. The van der Waals surface area contributed by atoms with Gasteiger partial charge in [0.2, 0.25) is 0 Å². The van der Waals surface area contributed by atoms with Crippen LogP contribution in [0.2, 0.25) is 0 Å². The summed E-state index contributed by atoms with van der Waals surface area (Å²) in [7, 11) is 1.84. The predicted octanol–water partition coefficient (Wildman–Crippen LogP) is 4.21. The molecule has 0 saturated heterocycles. The summed E-state index contributed by atoms with van der Waals surface area (Å²) < 4.78 is 26.6.